The molecule has 1 heterocycles. The first-order chi connectivity index (χ1) is 16.6. The summed E-state index contributed by atoms with van der Waals surface area (Å²) < 4.78 is 33.4. The molecular weight excluding hydrogens is 466 g/mol. The van der Waals surface area contributed by atoms with Gasteiger partial charge in [0.15, 0.2) is 0 Å². The number of hydrogen-bond acceptors (Lipinski definition) is 5. The summed E-state index contributed by atoms with van der Waals surface area (Å²) in [5, 5.41) is 0. The number of carbonyl (C=O) groups is 2. The van der Waals surface area contributed by atoms with Crippen molar-refractivity contribution < 1.29 is 22.7 Å². The number of carbonyl (C=O) groups excluding carboxylic acids is 2. The van der Waals surface area contributed by atoms with Crippen molar-refractivity contribution in [3.8, 4) is 16.9 Å². The van der Waals surface area contributed by atoms with E-state index in [1.165, 1.54) is 18.3 Å². The zero-order valence-electron chi connectivity index (χ0n) is 20.9. The molecule has 0 N–H and O–H groups in total. The molecule has 1 unspecified atom stereocenters. The maximum Gasteiger partial charge on any atom is 0.246 e. The van der Waals surface area contributed by atoms with Crippen molar-refractivity contribution in [3.63, 3.8) is 0 Å². The largest absolute Gasteiger partial charge is 0.495 e. The van der Waals surface area contributed by atoms with Gasteiger partial charge in [0.2, 0.25) is 21.8 Å². The fraction of sp³-hybridized carbons (Fsp3) is 0.462. The molecule has 2 amide bonds. The Morgan fingerprint density at radius 3 is 2.23 bits per heavy atom. The Hall–Kier alpha value is -2.91. The average molecular weight is 500 g/mol. The fourth-order valence-corrected chi connectivity index (χ4v) is 6.44. The molecule has 1 aliphatic heterocycles. The molecule has 9 heteroatoms. The number of anilines is 2. The second-order valence-corrected chi connectivity index (χ2v) is 11.0. The van der Waals surface area contributed by atoms with Gasteiger partial charge in [-0.1, -0.05) is 26.0 Å². The van der Waals surface area contributed by atoms with Crippen molar-refractivity contribution in [3.05, 3.63) is 36.4 Å². The van der Waals surface area contributed by atoms with Crippen LogP contribution in [0.2, 0.25) is 0 Å². The van der Waals surface area contributed by atoms with Crippen LogP contribution in [0.1, 0.15) is 40.5 Å². The summed E-state index contributed by atoms with van der Waals surface area (Å²) >= 11 is 0. The average Bonchev–Trinajstić information content (AvgIpc) is 3.68. The highest BCUT2D eigenvalue weighted by molar-refractivity contribution is 7.89. The topological polar surface area (TPSA) is 87.2 Å². The predicted octanol–water partition coefficient (Wildman–Crippen LogP) is 3.89. The van der Waals surface area contributed by atoms with Crippen molar-refractivity contribution in [2.45, 2.75) is 51.5 Å². The molecule has 0 aromatic heterocycles. The van der Waals surface area contributed by atoms with Crippen molar-refractivity contribution in [2.24, 2.45) is 5.92 Å². The summed E-state index contributed by atoms with van der Waals surface area (Å²) in [5.74, 6) is 0.315. The van der Waals surface area contributed by atoms with E-state index in [9.17, 15) is 18.0 Å². The minimum Gasteiger partial charge on any atom is -0.495 e. The molecule has 35 heavy (non-hydrogen) atoms. The number of hydrogen-bond donors (Lipinski definition) is 0. The molecule has 188 valence electrons. The minimum absolute atomic E-state index is 0.0365. The number of methoxy groups -OCH3 is 1. The summed E-state index contributed by atoms with van der Waals surface area (Å²) in [6, 6.07) is 10.5. The number of rotatable bonds is 7. The molecule has 1 aliphatic carbocycles. The maximum absolute atomic E-state index is 13.3. The Kier molecular flexibility index (Phi) is 6.92. The fourth-order valence-electron chi connectivity index (χ4n) is 4.80. The normalized spacial score (nSPS) is 17.9. The monoisotopic (exact) mass is 499 g/mol. The Labute approximate surface area is 207 Å². The summed E-state index contributed by atoms with van der Waals surface area (Å²) in [7, 11) is -2.30. The lowest BCUT2D eigenvalue weighted by molar-refractivity contribution is -0.120. The van der Waals surface area contributed by atoms with Gasteiger partial charge in [0.1, 0.15) is 10.6 Å². The molecule has 1 atom stereocenters. The quantitative estimate of drug-likeness (QED) is 0.577. The highest BCUT2D eigenvalue weighted by atomic mass is 32.2. The van der Waals surface area contributed by atoms with Gasteiger partial charge >= 0.3 is 0 Å². The van der Waals surface area contributed by atoms with Gasteiger partial charge in [0.25, 0.3) is 0 Å². The number of nitrogens with zero attached hydrogens (tertiary/aromatic N) is 3. The Morgan fingerprint density at radius 2 is 1.66 bits per heavy atom. The molecule has 0 radical (unpaired) electrons. The number of sulfonamides is 1. The Bertz CT molecular complexity index is 1250. The molecule has 0 bridgehead atoms. The van der Waals surface area contributed by atoms with Crippen LogP contribution in [0.4, 0.5) is 11.4 Å². The van der Waals surface area contributed by atoms with Gasteiger partial charge in [0, 0.05) is 32.5 Å². The smallest absolute Gasteiger partial charge is 0.246 e. The number of amides is 2. The van der Waals surface area contributed by atoms with Crippen LogP contribution >= 0.6 is 0 Å². The van der Waals surface area contributed by atoms with Crippen molar-refractivity contribution in [2.75, 3.05) is 36.5 Å². The van der Waals surface area contributed by atoms with E-state index >= 15 is 0 Å². The van der Waals surface area contributed by atoms with E-state index in [0.717, 1.165) is 18.4 Å². The number of ether oxygens (including phenoxy) is 1. The first-order valence-electron chi connectivity index (χ1n) is 12.1. The van der Waals surface area contributed by atoms with Crippen LogP contribution in [0.15, 0.2) is 41.3 Å². The van der Waals surface area contributed by atoms with E-state index < -0.39 is 10.0 Å². The van der Waals surface area contributed by atoms with E-state index in [1.807, 2.05) is 31.2 Å². The predicted molar refractivity (Wildman–Crippen MR) is 136 cm³/mol. The summed E-state index contributed by atoms with van der Waals surface area (Å²) in [6.45, 7) is 8.20. The van der Waals surface area contributed by atoms with Crippen LogP contribution in [0, 0.1) is 5.92 Å². The number of benzene rings is 2. The molecule has 0 spiro atoms. The third kappa shape index (κ3) is 4.54. The van der Waals surface area contributed by atoms with Gasteiger partial charge < -0.3 is 14.5 Å². The van der Waals surface area contributed by atoms with Crippen molar-refractivity contribution in [1.82, 2.24) is 4.31 Å². The second kappa shape index (κ2) is 9.62. The highest BCUT2D eigenvalue weighted by Crippen LogP contribution is 2.42. The van der Waals surface area contributed by atoms with Crippen molar-refractivity contribution >= 4 is 33.2 Å². The summed E-state index contributed by atoms with van der Waals surface area (Å²) in [5.41, 5.74) is 2.82. The van der Waals surface area contributed by atoms with Crippen LogP contribution in [-0.4, -0.2) is 57.3 Å². The van der Waals surface area contributed by atoms with Gasteiger partial charge in [-0.25, -0.2) is 8.42 Å². The Morgan fingerprint density at radius 1 is 1.03 bits per heavy atom. The van der Waals surface area contributed by atoms with Crippen LogP contribution in [0.5, 0.6) is 5.75 Å². The molecule has 2 aliphatic rings. The van der Waals surface area contributed by atoms with E-state index in [2.05, 4.69) is 0 Å². The van der Waals surface area contributed by atoms with Gasteiger partial charge in [-0.15, -0.1) is 0 Å². The standard InChI is InChI=1S/C26H33N3O5S/c1-6-27(7-2)35(32,33)25-15-21(11-13-24(25)34-5)20-10-12-22-23(14-20)28(26(31)19-8-9-19)16-17(3)29(22)18(4)30/h10-15,17,19H,6-9,16H2,1-5H3. The minimum atomic E-state index is -3.76. The van der Waals surface area contributed by atoms with Crippen molar-refractivity contribution in [1.29, 1.82) is 0 Å². The zero-order valence-corrected chi connectivity index (χ0v) is 21.8. The Balaban J connectivity index is 1.84. The van der Waals surface area contributed by atoms with Gasteiger partial charge in [0.05, 0.1) is 24.5 Å². The van der Waals surface area contributed by atoms with Crippen LogP contribution in [-0.2, 0) is 19.6 Å². The van der Waals surface area contributed by atoms with Gasteiger partial charge in [-0.05, 0) is 55.2 Å². The van der Waals surface area contributed by atoms with E-state index in [-0.39, 0.29) is 34.4 Å². The molecule has 2 aromatic rings. The number of fused-ring (bicyclic) bond motifs is 1. The van der Waals surface area contributed by atoms with Crippen LogP contribution in [0.25, 0.3) is 11.1 Å². The third-order valence-electron chi connectivity index (χ3n) is 6.77. The third-order valence-corrected chi connectivity index (χ3v) is 8.84. The second-order valence-electron chi connectivity index (χ2n) is 9.12. The zero-order chi connectivity index (χ0) is 25.5. The molecule has 1 saturated carbocycles. The highest BCUT2D eigenvalue weighted by Gasteiger charge is 2.39. The molecule has 0 saturated heterocycles. The van der Waals surface area contributed by atoms with Gasteiger partial charge in [-0.3, -0.25) is 9.59 Å². The lowest BCUT2D eigenvalue weighted by Crippen LogP contribution is -2.51. The van der Waals surface area contributed by atoms with E-state index in [1.54, 1.807) is 35.8 Å². The molecule has 2 aromatic carbocycles. The van der Waals surface area contributed by atoms with Crippen LogP contribution < -0.4 is 14.5 Å². The molecule has 4 rings (SSSR count). The van der Waals surface area contributed by atoms with Gasteiger partial charge in [-0.2, -0.15) is 4.31 Å². The first-order valence-corrected chi connectivity index (χ1v) is 13.5. The van der Waals surface area contributed by atoms with E-state index in [4.69, 9.17) is 4.74 Å². The summed E-state index contributed by atoms with van der Waals surface area (Å²) in [6.07, 6.45) is 1.78. The summed E-state index contributed by atoms with van der Waals surface area (Å²) in [4.78, 5) is 29.2. The molecular formula is C26H33N3O5S. The lowest BCUT2D eigenvalue weighted by Gasteiger charge is -2.41. The van der Waals surface area contributed by atoms with E-state index in [0.29, 0.717) is 36.6 Å². The SMILES string of the molecule is CCN(CC)S(=O)(=O)c1cc(-c2ccc3c(c2)N(C(=O)C2CC2)CC(C)N3C(C)=O)ccc1OC. The molecule has 8 nitrogen and oxygen atoms in total. The maximum atomic E-state index is 13.3. The van der Waals surface area contributed by atoms with Crippen LogP contribution in [0.3, 0.4) is 0 Å². The molecule has 1 fully saturated rings. The first kappa shape index (κ1) is 25.2. The lowest BCUT2D eigenvalue weighted by atomic mass is 10.00.